The number of hydrogen-bond acceptors (Lipinski definition) is 5. The summed E-state index contributed by atoms with van der Waals surface area (Å²) < 4.78 is 5.51. The largest absolute Gasteiger partial charge is 0.396 e. The molecule has 3 aliphatic heterocycles. The highest BCUT2D eigenvalue weighted by Gasteiger charge is 2.30. The van der Waals surface area contributed by atoms with Crippen molar-refractivity contribution in [3.05, 3.63) is 29.8 Å². The van der Waals surface area contributed by atoms with Crippen LogP contribution >= 0.6 is 24.0 Å². The molecule has 1 aromatic carbocycles. The Morgan fingerprint density at radius 3 is 2.44 bits per heavy atom. The topological polar surface area (TPSA) is 63.6 Å². The van der Waals surface area contributed by atoms with Gasteiger partial charge in [-0.05, 0) is 49.8 Å². The minimum Gasteiger partial charge on any atom is -0.396 e. The highest BCUT2D eigenvalue weighted by molar-refractivity contribution is 14.0. The van der Waals surface area contributed by atoms with Crippen LogP contribution in [0.25, 0.3) is 0 Å². The number of ether oxygens (including phenoxy) is 1. The Bertz CT molecular complexity index is 703. The first-order chi connectivity index (χ1) is 15.3. The molecular formula is C24H40IN5O2. The number of aliphatic imine (C=N–C) groups is 1. The summed E-state index contributed by atoms with van der Waals surface area (Å²) in [5.41, 5.74) is 2.53. The second-order valence-electron chi connectivity index (χ2n) is 8.99. The number of benzene rings is 1. The van der Waals surface area contributed by atoms with Crippen LogP contribution in [0.15, 0.2) is 29.3 Å². The van der Waals surface area contributed by atoms with Crippen LogP contribution in [0.2, 0.25) is 0 Å². The van der Waals surface area contributed by atoms with Crippen LogP contribution in [0, 0.1) is 5.92 Å². The van der Waals surface area contributed by atoms with E-state index < -0.39 is 0 Å². The summed E-state index contributed by atoms with van der Waals surface area (Å²) in [7, 11) is 0. The molecule has 0 bridgehead atoms. The molecule has 7 nitrogen and oxygen atoms in total. The molecule has 4 rings (SSSR count). The fourth-order valence-corrected chi connectivity index (χ4v) is 4.95. The predicted octanol–water partition coefficient (Wildman–Crippen LogP) is 2.39. The molecule has 0 aliphatic carbocycles. The summed E-state index contributed by atoms with van der Waals surface area (Å²) in [6.07, 6.45) is 3.36. The molecule has 1 atom stereocenters. The van der Waals surface area contributed by atoms with Crippen LogP contribution in [0.5, 0.6) is 0 Å². The molecule has 1 unspecified atom stereocenters. The molecule has 0 saturated carbocycles. The van der Waals surface area contributed by atoms with Gasteiger partial charge in [-0.3, -0.25) is 4.90 Å². The molecule has 0 aromatic heterocycles. The number of guanidine groups is 1. The monoisotopic (exact) mass is 557 g/mol. The van der Waals surface area contributed by atoms with Crippen molar-refractivity contribution < 1.29 is 9.84 Å². The Morgan fingerprint density at radius 2 is 1.78 bits per heavy atom. The number of halogens is 1. The molecule has 2 N–H and O–H groups in total. The van der Waals surface area contributed by atoms with Crippen LogP contribution in [0.3, 0.4) is 0 Å². The third-order valence-electron chi connectivity index (χ3n) is 6.95. The van der Waals surface area contributed by atoms with E-state index in [1.807, 2.05) is 0 Å². The average Bonchev–Trinajstić information content (AvgIpc) is 3.33. The molecule has 1 aromatic rings. The van der Waals surface area contributed by atoms with Crippen LogP contribution in [0.1, 0.15) is 31.7 Å². The molecular weight excluding hydrogens is 517 g/mol. The number of morpholine rings is 1. The van der Waals surface area contributed by atoms with Crippen molar-refractivity contribution in [1.82, 2.24) is 15.1 Å². The van der Waals surface area contributed by atoms with Gasteiger partial charge in [0.15, 0.2) is 5.96 Å². The number of likely N-dealkylation sites (tertiary alicyclic amines) is 1. The second-order valence-corrected chi connectivity index (χ2v) is 8.99. The standard InChI is InChI=1S/C24H39N5O2.HI/c1-2-25-24(29-12-9-23(18-29)28-13-15-31-16-14-28)26-17-20-3-5-22(6-4-20)27-10-7-21(19-30)8-11-27;/h3-6,21,23,30H,2,7-19H2,1H3,(H,25,26);1H. The van der Waals surface area contributed by atoms with Crippen LogP contribution in [-0.4, -0.2) is 92.5 Å². The fourth-order valence-electron chi connectivity index (χ4n) is 4.95. The lowest BCUT2D eigenvalue weighted by molar-refractivity contribution is 0.0195. The fraction of sp³-hybridized carbons (Fsp3) is 0.708. The van der Waals surface area contributed by atoms with E-state index >= 15 is 0 Å². The number of aliphatic hydroxyl groups is 1. The van der Waals surface area contributed by atoms with E-state index in [0.717, 1.165) is 77.8 Å². The van der Waals surface area contributed by atoms with Crippen molar-refractivity contribution in [3.8, 4) is 0 Å². The van der Waals surface area contributed by atoms with Crippen molar-refractivity contribution in [2.24, 2.45) is 10.9 Å². The quantitative estimate of drug-likeness (QED) is 0.318. The first kappa shape index (κ1) is 25.5. The van der Waals surface area contributed by atoms with Gasteiger partial charge in [-0.2, -0.15) is 0 Å². The number of hydrogen-bond donors (Lipinski definition) is 2. The zero-order chi connectivity index (χ0) is 21.5. The lowest BCUT2D eigenvalue weighted by atomic mass is 9.97. The molecule has 0 radical (unpaired) electrons. The highest BCUT2D eigenvalue weighted by atomic mass is 127. The van der Waals surface area contributed by atoms with E-state index in [-0.39, 0.29) is 24.0 Å². The van der Waals surface area contributed by atoms with E-state index in [2.05, 4.69) is 51.2 Å². The van der Waals surface area contributed by atoms with E-state index in [9.17, 15) is 5.11 Å². The average molecular weight is 558 g/mol. The molecule has 3 aliphatic rings. The molecule has 0 spiro atoms. The predicted molar refractivity (Wildman–Crippen MR) is 141 cm³/mol. The van der Waals surface area contributed by atoms with Gasteiger partial charge in [0.2, 0.25) is 0 Å². The van der Waals surface area contributed by atoms with Gasteiger partial charge < -0.3 is 25.0 Å². The highest BCUT2D eigenvalue weighted by Crippen LogP contribution is 2.23. The summed E-state index contributed by atoms with van der Waals surface area (Å²) in [5.74, 6) is 1.51. The van der Waals surface area contributed by atoms with Gasteiger partial charge in [-0.25, -0.2) is 4.99 Å². The van der Waals surface area contributed by atoms with Crippen molar-refractivity contribution >= 4 is 35.6 Å². The van der Waals surface area contributed by atoms with E-state index in [1.54, 1.807) is 0 Å². The maximum absolute atomic E-state index is 9.34. The number of aliphatic hydroxyl groups excluding tert-OH is 1. The zero-order valence-corrected chi connectivity index (χ0v) is 21.7. The minimum atomic E-state index is 0. The van der Waals surface area contributed by atoms with Crippen molar-refractivity contribution in [3.63, 3.8) is 0 Å². The van der Waals surface area contributed by atoms with Gasteiger partial charge >= 0.3 is 0 Å². The zero-order valence-electron chi connectivity index (χ0n) is 19.4. The van der Waals surface area contributed by atoms with E-state index in [4.69, 9.17) is 9.73 Å². The maximum atomic E-state index is 9.34. The Hall–Kier alpha value is -1.10. The van der Waals surface area contributed by atoms with Gasteiger partial charge in [-0.15, -0.1) is 24.0 Å². The van der Waals surface area contributed by atoms with Gasteiger partial charge in [-0.1, -0.05) is 12.1 Å². The number of anilines is 1. The summed E-state index contributed by atoms with van der Waals surface area (Å²) >= 11 is 0. The number of rotatable bonds is 6. The first-order valence-corrected chi connectivity index (χ1v) is 12.1. The van der Waals surface area contributed by atoms with Crippen LogP contribution < -0.4 is 10.2 Å². The molecule has 0 amide bonds. The molecule has 3 fully saturated rings. The number of nitrogens with zero attached hydrogens (tertiary/aromatic N) is 4. The third-order valence-corrected chi connectivity index (χ3v) is 6.95. The van der Waals surface area contributed by atoms with Crippen LogP contribution in [-0.2, 0) is 11.3 Å². The number of piperidine rings is 1. The molecule has 3 heterocycles. The van der Waals surface area contributed by atoms with Crippen LogP contribution in [0.4, 0.5) is 5.69 Å². The van der Waals surface area contributed by atoms with E-state index in [0.29, 0.717) is 25.1 Å². The summed E-state index contributed by atoms with van der Waals surface area (Å²) in [6.45, 7) is 12.1. The normalized spacial score (nSPS) is 23.3. The maximum Gasteiger partial charge on any atom is 0.194 e. The SMILES string of the molecule is CCNC(=NCc1ccc(N2CCC(CO)CC2)cc1)N1CCC(N2CCOCC2)C1.I. The first-order valence-electron chi connectivity index (χ1n) is 12.1. The lowest BCUT2D eigenvalue weighted by Crippen LogP contribution is -2.46. The summed E-state index contributed by atoms with van der Waals surface area (Å²) in [5, 5.41) is 12.8. The Labute approximate surface area is 210 Å². The van der Waals surface area contributed by atoms with Crippen molar-refractivity contribution in [1.29, 1.82) is 0 Å². The van der Waals surface area contributed by atoms with Crippen molar-refractivity contribution in [2.75, 3.05) is 70.5 Å². The van der Waals surface area contributed by atoms with E-state index in [1.165, 1.54) is 17.7 Å². The second kappa shape index (κ2) is 13.0. The Morgan fingerprint density at radius 1 is 1.06 bits per heavy atom. The van der Waals surface area contributed by atoms with Gasteiger partial charge in [0.1, 0.15) is 0 Å². The Balaban J connectivity index is 0.00000289. The Kier molecular flexibility index (Phi) is 10.3. The lowest BCUT2D eigenvalue weighted by Gasteiger charge is -2.33. The summed E-state index contributed by atoms with van der Waals surface area (Å²) in [4.78, 5) is 12.4. The number of nitrogens with one attached hydrogen (secondary N) is 1. The molecule has 8 heteroatoms. The van der Waals surface area contributed by atoms with Gasteiger partial charge in [0.05, 0.1) is 19.8 Å². The van der Waals surface area contributed by atoms with Gasteiger partial charge in [0.25, 0.3) is 0 Å². The molecule has 180 valence electrons. The molecule has 32 heavy (non-hydrogen) atoms. The molecule has 3 saturated heterocycles. The third kappa shape index (κ3) is 6.71. The minimum absolute atomic E-state index is 0. The summed E-state index contributed by atoms with van der Waals surface area (Å²) in [6, 6.07) is 9.48. The smallest absolute Gasteiger partial charge is 0.194 e. The van der Waals surface area contributed by atoms with Gasteiger partial charge in [0, 0.05) is 64.1 Å². The van der Waals surface area contributed by atoms with Crippen molar-refractivity contribution in [2.45, 2.75) is 38.8 Å².